The highest BCUT2D eigenvalue weighted by Crippen LogP contribution is 2.20. The first-order valence-corrected chi connectivity index (χ1v) is 6.76. The van der Waals surface area contributed by atoms with E-state index in [2.05, 4.69) is 15.4 Å². The molecule has 0 fully saturated rings. The number of hydrogen-bond acceptors (Lipinski definition) is 5. The maximum Gasteiger partial charge on any atom is 0.214 e. The maximum absolute atomic E-state index is 5.13. The zero-order valence-corrected chi connectivity index (χ0v) is 11.6. The first kappa shape index (κ1) is 12.0. The minimum Gasteiger partial charge on any atom is -0.497 e. The van der Waals surface area contributed by atoms with Gasteiger partial charge in [-0.1, -0.05) is 23.5 Å². The van der Waals surface area contributed by atoms with E-state index in [0.29, 0.717) is 0 Å². The van der Waals surface area contributed by atoms with Crippen molar-refractivity contribution in [2.45, 2.75) is 13.5 Å². The van der Waals surface area contributed by atoms with Crippen LogP contribution in [0.25, 0.3) is 4.96 Å². The molecule has 5 nitrogen and oxygen atoms in total. The fourth-order valence-electron chi connectivity index (χ4n) is 1.80. The van der Waals surface area contributed by atoms with Crippen LogP contribution in [0.4, 0.5) is 5.13 Å². The predicted octanol–water partition coefficient (Wildman–Crippen LogP) is 2.72. The summed E-state index contributed by atoms with van der Waals surface area (Å²) in [6, 6.07) is 7.98. The maximum atomic E-state index is 5.13. The van der Waals surface area contributed by atoms with Gasteiger partial charge in [-0.3, -0.25) is 0 Å². The molecule has 19 heavy (non-hydrogen) atoms. The van der Waals surface area contributed by atoms with Crippen molar-refractivity contribution in [2.24, 2.45) is 0 Å². The van der Waals surface area contributed by atoms with Crippen LogP contribution in [0.5, 0.6) is 5.75 Å². The summed E-state index contributed by atoms with van der Waals surface area (Å²) in [6.07, 6.45) is 1.92. The smallest absolute Gasteiger partial charge is 0.214 e. The highest BCUT2D eigenvalue weighted by molar-refractivity contribution is 7.20. The number of methoxy groups -OCH3 is 1. The molecule has 0 aliphatic rings. The minimum atomic E-state index is 0.736. The number of rotatable bonds is 4. The second-order valence-corrected chi connectivity index (χ2v) is 5.17. The summed E-state index contributed by atoms with van der Waals surface area (Å²) >= 11 is 1.55. The molecule has 98 valence electrons. The second-order valence-electron chi connectivity index (χ2n) is 4.22. The number of ether oxygens (including phenoxy) is 1. The van der Waals surface area contributed by atoms with E-state index in [4.69, 9.17) is 4.74 Å². The predicted molar refractivity (Wildman–Crippen MR) is 75.9 cm³/mol. The van der Waals surface area contributed by atoms with Crippen molar-refractivity contribution in [3.63, 3.8) is 0 Å². The molecule has 1 N–H and O–H groups in total. The van der Waals surface area contributed by atoms with Gasteiger partial charge in [-0.25, -0.2) is 9.50 Å². The molecule has 2 heterocycles. The molecule has 0 atom stereocenters. The van der Waals surface area contributed by atoms with Crippen LogP contribution < -0.4 is 10.1 Å². The molecule has 0 saturated carbocycles. The van der Waals surface area contributed by atoms with Crippen molar-refractivity contribution in [1.82, 2.24) is 14.6 Å². The van der Waals surface area contributed by atoms with E-state index in [1.165, 1.54) is 5.56 Å². The van der Waals surface area contributed by atoms with Gasteiger partial charge in [0.2, 0.25) is 10.1 Å². The van der Waals surface area contributed by atoms with Gasteiger partial charge in [-0.15, -0.1) is 5.10 Å². The molecule has 6 heteroatoms. The van der Waals surface area contributed by atoms with Gasteiger partial charge in [0.15, 0.2) is 0 Å². The number of aromatic nitrogens is 3. The molecule has 0 amide bonds. The SMILES string of the molecule is COc1ccc(CNc2nn3cc(C)nc3s2)cc1. The van der Waals surface area contributed by atoms with Crippen molar-refractivity contribution in [3.05, 3.63) is 41.7 Å². The fourth-order valence-corrected chi connectivity index (χ4v) is 2.62. The third-order valence-corrected chi connectivity index (χ3v) is 3.65. The van der Waals surface area contributed by atoms with E-state index in [1.54, 1.807) is 23.0 Å². The number of nitrogens with one attached hydrogen (secondary N) is 1. The molecule has 0 radical (unpaired) electrons. The lowest BCUT2D eigenvalue weighted by molar-refractivity contribution is 0.414. The summed E-state index contributed by atoms with van der Waals surface area (Å²) < 4.78 is 6.93. The summed E-state index contributed by atoms with van der Waals surface area (Å²) in [7, 11) is 1.67. The van der Waals surface area contributed by atoms with Gasteiger partial charge in [0.1, 0.15) is 5.75 Å². The van der Waals surface area contributed by atoms with Gasteiger partial charge in [0, 0.05) is 6.54 Å². The Morgan fingerprint density at radius 3 is 2.79 bits per heavy atom. The van der Waals surface area contributed by atoms with E-state index in [1.807, 2.05) is 37.4 Å². The van der Waals surface area contributed by atoms with Crippen LogP contribution in [0.3, 0.4) is 0 Å². The molecule has 2 aromatic heterocycles. The number of fused-ring (bicyclic) bond motifs is 1. The molecule has 3 aromatic rings. The van der Waals surface area contributed by atoms with Gasteiger partial charge >= 0.3 is 0 Å². The topological polar surface area (TPSA) is 51.5 Å². The summed E-state index contributed by atoms with van der Waals surface area (Å²) in [5, 5.41) is 8.59. The number of anilines is 1. The van der Waals surface area contributed by atoms with Crippen LogP contribution in [0.2, 0.25) is 0 Å². The van der Waals surface area contributed by atoms with Gasteiger partial charge in [-0.05, 0) is 24.6 Å². The van der Waals surface area contributed by atoms with Gasteiger partial charge in [-0.2, -0.15) is 0 Å². The fraction of sp³-hybridized carbons (Fsp3) is 0.231. The average Bonchev–Trinajstić information content (AvgIpc) is 2.93. The van der Waals surface area contributed by atoms with Crippen LogP contribution in [0.15, 0.2) is 30.5 Å². The molecular weight excluding hydrogens is 260 g/mol. The molecule has 0 aliphatic carbocycles. The lowest BCUT2D eigenvalue weighted by atomic mass is 10.2. The van der Waals surface area contributed by atoms with E-state index >= 15 is 0 Å². The summed E-state index contributed by atoms with van der Waals surface area (Å²) in [6.45, 7) is 2.70. The third-order valence-electron chi connectivity index (χ3n) is 2.77. The van der Waals surface area contributed by atoms with Crippen molar-refractivity contribution in [3.8, 4) is 5.75 Å². The quantitative estimate of drug-likeness (QED) is 0.794. The molecular formula is C13H14N4OS. The monoisotopic (exact) mass is 274 g/mol. The Bertz CT molecular complexity index is 655. The molecule has 0 bridgehead atoms. The zero-order chi connectivity index (χ0) is 13.2. The summed E-state index contributed by atoms with van der Waals surface area (Å²) in [5.74, 6) is 0.868. The number of benzene rings is 1. The van der Waals surface area contributed by atoms with Crippen LogP contribution in [0.1, 0.15) is 11.3 Å². The third kappa shape index (κ3) is 2.53. The van der Waals surface area contributed by atoms with Crippen LogP contribution in [0, 0.1) is 6.92 Å². The molecule has 0 spiro atoms. The number of hydrogen-bond donors (Lipinski definition) is 1. The Kier molecular flexibility index (Phi) is 3.08. The van der Waals surface area contributed by atoms with Crippen molar-refractivity contribution in [2.75, 3.05) is 12.4 Å². The standard InChI is InChI=1S/C13H14N4OS/c1-9-8-17-13(15-9)19-12(16-17)14-7-10-3-5-11(18-2)6-4-10/h3-6,8H,7H2,1-2H3,(H,14,16). The lowest BCUT2D eigenvalue weighted by Gasteiger charge is -2.03. The van der Waals surface area contributed by atoms with Crippen LogP contribution in [-0.2, 0) is 6.54 Å². The van der Waals surface area contributed by atoms with Crippen LogP contribution in [-0.4, -0.2) is 21.7 Å². The Morgan fingerprint density at radius 1 is 1.32 bits per heavy atom. The Balaban J connectivity index is 1.68. The zero-order valence-electron chi connectivity index (χ0n) is 10.8. The molecule has 1 aromatic carbocycles. The Hall–Kier alpha value is -2.08. The lowest BCUT2D eigenvalue weighted by Crippen LogP contribution is -1.99. The molecule has 0 unspecified atom stereocenters. The van der Waals surface area contributed by atoms with Crippen molar-refractivity contribution < 1.29 is 4.74 Å². The van der Waals surface area contributed by atoms with Gasteiger partial charge < -0.3 is 10.1 Å². The van der Waals surface area contributed by atoms with E-state index in [9.17, 15) is 0 Å². The summed E-state index contributed by atoms with van der Waals surface area (Å²) in [5.41, 5.74) is 2.17. The number of imidazole rings is 1. The number of aryl methyl sites for hydroxylation is 1. The van der Waals surface area contributed by atoms with E-state index < -0.39 is 0 Å². The van der Waals surface area contributed by atoms with Crippen molar-refractivity contribution in [1.29, 1.82) is 0 Å². The van der Waals surface area contributed by atoms with E-state index in [-0.39, 0.29) is 0 Å². The van der Waals surface area contributed by atoms with Crippen molar-refractivity contribution >= 4 is 21.4 Å². The Morgan fingerprint density at radius 2 is 2.11 bits per heavy atom. The normalized spacial score (nSPS) is 10.8. The summed E-state index contributed by atoms with van der Waals surface area (Å²) in [4.78, 5) is 5.29. The van der Waals surface area contributed by atoms with Gasteiger partial charge in [0.25, 0.3) is 0 Å². The minimum absolute atomic E-state index is 0.736. The average molecular weight is 274 g/mol. The molecule has 0 aliphatic heterocycles. The van der Waals surface area contributed by atoms with Gasteiger partial charge in [0.05, 0.1) is 19.0 Å². The Labute approximate surface area is 114 Å². The molecule has 3 rings (SSSR count). The van der Waals surface area contributed by atoms with E-state index in [0.717, 1.165) is 28.1 Å². The highest BCUT2D eigenvalue weighted by Gasteiger charge is 2.05. The van der Waals surface area contributed by atoms with Crippen LogP contribution >= 0.6 is 11.3 Å². The largest absolute Gasteiger partial charge is 0.497 e. The highest BCUT2D eigenvalue weighted by atomic mass is 32.1. The second kappa shape index (κ2) is 4.89. The molecule has 0 saturated heterocycles. The first-order chi connectivity index (χ1) is 9.24. The number of nitrogens with zero attached hydrogens (tertiary/aromatic N) is 3. The first-order valence-electron chi connectivity index (χ1n) is 5.94.